The predicted octanol–water partition coefficient (Wildman–Crippen LogP) is 3.81. The molecular weight excluding hydrogens is 232 g/mol. The second kappa shape index (κ2) is 8.26. The number of nitrogens with one attached hydrogen (secondary N) is 1. The van der Waals surface area contributed by atoms with Crippen molar-refractivity contribution in [2.75, 3.05) is 19.6 Å². The molecular formula is C17H34N2. The first-order valence-corrected chi connectivity index (χ1v) is 8.82. The number of piperidine rings is 1. The van der Waals surface area contributed by atoms with Crippen LogP contribution in [0.2, 0.25) is 0 Å². The first-order valence-electron chi connectivity index (χ1n) is 8.82. The van der Waals surface area contributed by atoms with Crippen LogP contribution in [-0.2, 0) is 0 Å². The lowest BCUT2D eigenvalue weighted by Crippen LogP contribution is -2.51. The average Bonchev–Trinajstić information content (AvgIpc) is 2.45. The lowest BCUT2D eigenvalue weighted by Gasteiger charge is -2.45. The van der Waals surface area contributed by atoms with Gasteiger partial charge in [0.2, 0.25) is 0 Å². The molecule has 0 bridgehead atoms. The number of nitrogens with zero attached hydrogens (tertiary/aromatic N) is 1. The molecule has 1 N–H and O–H groups in total. The highest BCUT2D eigenvalue weighted by atomic mass is 15.2. The third kappa shape index (κ3) is 4.46. The van der Waals surface area contributed by atoms with Crippen molar-refractivity contribution in [2.45, 2.75) is 83.7 Å². The molecule has 0 aromatic heterocycles. The summed E-state index contributed by atoms with van der Waals surface area (Å²) in [6.45, 7) is 8.44. The van der Waals surface area contributed by atoms with E-state index in [1.165, 1.54) is 77.4 Å². The average molecular weight is 266 g/mol. The van der Waals surface area contributed by atoms with E-state index in [4.69, 9.17) is 0 Å². The van der Waals surface area contributed by atoms with E-state index in [1.807, 2.05) is 0 Å². The molecule has 1 saturated heterocycles. The summed E-state index contributed by atoms with van der Waals surface area (Å²) in [5.41, 5.74) is 0. The van der Waals surface area contributed by atoms with Crippen LogP contribution < -0.4 is 5.32 Å². The fourth-order valence-corrected chi connectivity index (χ4v) is 4.19. The minimum absolute atomic E-state index is 0.727. The first kappa shape index (κ1) is 15.3. The Bertz CT molecular complexity index is 239. The highest BCUT2D eigenvalue weighted by Crippen LogP contribution is 2.35. The largest absolute Gasteiger partial charge is 0.313 e. The van der Waals surface area contributed by atoms with Crippen molar-refractivity contribution < 1.29 is 0 Å². The fraction of sp³-hybridized carbons (Fsp3) is 1.00. The minimum Gasteiger partial charge on any atom is -0.313 e. The molecule has 2 aliphatic rings. The standard InChI is InChI=1S/C17H34N2/c1-3-8-16(18-12-4-2)14-19-13-7-10-15-9-5-6-11-17(15)19/h15-18H,3-14H2,1-2H3. The Balaban J connectivity index is 1.86. The van der Waals surface area contributed by atoms with Gasteiger partial charge in [-0.05, 0) is 57.5 Å². The molecule has 0 spiro atoms. The maximum absolute atomic E-state index is 3.77. The summed E-state index contributed by atoms with van der Waals surface area (Å²) < 4.78 is 0. The van der Waals surface area contributed by atoms with Crippen LogP contribution in [0.4, 0.5) is 0 Å². The van der Waals surface area contributed by atoms with E-state index in [2.05, 4.69) is 24.1 Å². The van der Waals surface area contributed by atoms with Crippen LogP contribution >= 0.6 is 0 Å². The van der Waals surface area contributed by atoms with Crippen molar-refractivity contribution in [3.8, 4) is 0 Å². The fourth-order valence-electron chi connectivity index (χ4n) is 4.19. The maximum Gasteiger partial charge on any atom is 0.0195 e. The van der Waals surface area contributed by atoms with Crippen LogP contribution in [0.1, 0.15) is 71.6 Å². The molecule has 0 aromatic rings. The van der Waals surface area contributed by atoms with Crippen molar-refractivity contribution in [1.82, 2.24) is 10.2 Å². The summed E-state index contributed by atoms with van der Waals surface area (Å²) in [4.78, 5) is 2.84. The first-order chi connectivity index (χ1) is 9.35. The van der Waals surface area contributed by atoms with Gasteiger partial charge < -0.3 is 5.32 Å². The third-order valence-corrected chi connectivity index (χ3v) is 5.13. The molecule has 2 nitrogen and oxygen atoms in total. The Morgan fingerprint density at radius 1 is 1.05 bits per heavy atom. The zero-order valence-corrected chi connectivity index (χ0v) is 13.2. The van der Waals surface area contributed by atoms with Crippen molar-refractivity contribution in [1.29, 1.82) is 0 Å². The highest BCUT2D eigenvalue weighted by Gasteiger charge is 2.33. The number of rotatable bonds is 7. The van der Waals surface area contributed by atoms with Crippen molar-refractivity contribution in [2.24, 2.45) is 5.92 Å². The summed E-state index contributed by atoms with van der Waals surface area (Å²) >= 11 is 0. The van der Waals surface area contributed by atoms with Crippen LogP contribution in [0.5, 0.6) is 0 Å². The van der Waals surface area contributed by atoms with E-state index in [-0.39, 0.29) is 0 Å². The van der Waals surface area contributed by atoms with E-state index in [0.717, 1.165) is 18.0 Å². The SMILES string of the molecule is CCCNC(CCC)CN1CCCC2CCCCC21. The molecule has 1 saturated carbocycles. The quantitative estimate of drug-likeness (QED) is 0.754. The van der Waals surface area contributed by atoms with Gasteiger partial charge in [-0.25, -0.2) is 0 Å². The lowest BCUT2D eigenvalue weighted by atomic mass is 9.78. The summed E-state index contributed by atoms with van der Waals surface area (Å²) in [7, 11) is 0. The number of likely N-dealkylation sites (tertiary alicyclic amines) is 1. The molecule has 0 aromatic carbocycles. The number of fused-ring (bicyclic) bond motifs is 1. The molecule has 1 aliphatic carbocycles. The smallest absolute Gasteiger partial charge is 0.0195 e. The molecule has 0 amide bonds. The zero-order chi connectivity index (χ0) is 13.5. The van der Waals surface area contributed by atoms with Crippen LogP contribution in [0.3, 0.4) is 0 Å². The molecule has 2 heteroatoms. The van der Waals surface area contributed by atoms with Crippen molar-refractivity contribution in [3.05, 3.63) is 0 Å². The topological polar surface area (TPSA) is 15.3 Å². The maximum atomic E-state index is 3.77. The molecule has 3 unspecified atom stereocenters. The van der Waals surface area contributed by atoms with Crippen LogP contribution in [0.15, 0.2) is 0 Å². The Morgan fingerprint density at radius 3 is 2.63 bits per heavy atom. The van der Waals surface area contributed by atoms with E-state index < -0.39 is 0 Å². The van der Waals surface area contributed by atoms with Gasteiger partial charge in [0.1, 0.15) is 0 Å². The van der Waals surface area contributed by atoms with Gasteiger partial charge in [0, 0.05) is 18.6 Å². The second-order valence-electron chi connectivity index (χ2n) is 6.69. The van der Waals surface area contributed by atoms with E-state index in [0.29, 0.717) is 0 Å². The summed E-state index contributed by atoms with van der Waals surface area (Å²) in [5, 5.41) is 3.77. The Labute approximate surface area is 120 Å². The van der Waals surface area contributed by atoms with Gasteiger partial charge in [0.25, 0.3) is 0 Å². The summed E-state index contributed by atoms with van der Waals surface area (Å²) in [5.74, 6) is 1.02. The highest BCUT2D eigenvalue weighted by molar-refractivity contribution is 4.89. The van der Waals surface area contributed by atoms with Gasteiger partial charge >= 0.3 is 0 Å². The molecule has 2 rings (SSSR count). The van der Waals surface area contributed by atoms with Crippen molar-refractivity contribution in [3.63, 3.8) is 0 Å². The molecule has 2 fully saturated rings. The van der Waals surface area contributed by atoms with Crippen LogP contribution in [-0.4, -0.2) is 36.6 Å². The molecule has 0 radical (unpaired) electrons. The number of hydrogen-bond donors (Lipinski definition) is 1. The molecule has 19 heavy (non-hydrogen) atoms. The predicted molar refractivity (Wildman–Crippen MR) is 83.5 cm³/mol. The molecule has 1 aliphatic heterocycles. The van der Waals surface area contributed by atoms with Gasteiger partial charge in [-0.15, -0.1) is 0 Å². The van der Waals surface area contributed by atoms with Crippen LogP contribution in [0.25, 0.3) is 0 Å². The monoisotopic (exact) mass is 266 g/mol. The van der Waals surface area contributed by atoms with Gasteiger partial charge in [-0.1, -0.05) is 33.1 Å². The van der Waals surface area contributed by atoms with E-state index in [1.54, 1.807) is 0 Å². The summed E-state index contributed by atoms with van der Waals surface area (Å²) in [6, 6.07) is 1.65. The Morgan fingerprint density at radius 2 is 1.84 bits per heavy atom. The van der Waals surface area contributed by atoms with Gasteiger partial charge in [-0.3, -0.25) is 4.90 Å². The van der Waals surface area contributed by atoms with Gasteiger partial charge in [0.05, 0.1) is 0 Å². The Hall–Kier alpha value is -0.0800. The number of hydrogen-bond acceptors (Lipinski definition) is 2. The molecule has 3 atom stereocenters. The molecule has 112 valence electrons. The Kier molecular flexibility index (Phi) is 6.66. The summed E-state index contributed by atoms with van der Waals surface area (Å²) in [6.07, 6.45) is 12.8. The van der Waals surface area contributed by atoms with E-state index in [9.17, 15) is 0 Å². The van der Waals surface area contributed by atoms with Gasteiger partial charge in [0.15, 0.2) is 0 Å². The van der Waals surface area contributed by atoms with Gasteiger partial charge in [-0.2, -0.15) is 0 Å². The normalized spacial score (nSPS) is 30.0. The second-order valence-corrected chi connectivity index (χ2v) is 6.69. The molecule has 1 heterocycles. The lowest BCUT2D eigenvalue weighted by molar-refractivity contribution is 0.0520. The minimum atomic E-state index is 0.727. The zero-order valence-electron chi connectivity index (χ0n) is 13.2. The third-order valence-electron chi connectivity index (χ3n) is 5.13. The van der Waals surface area contributed by atoms with Crippen molar-refractivity contribution >= 4 is 0 Å². The van der Waals surface area contributed by atoms with E-state index >= 15 is 0 Å². The van der Waals surface area contributed by atoms with Crippen LogP contribution in [0, 0.1) is 5.92 Å².